The van der Waals surface area contributed by atoms with Crippen molar-refractivity contribution in [2.24, 2.45) is 11.8 Å². The number of hydrogen-bond acceptors (Lipinski definition) is 4. The zero-order chi connectivity index (χ0) is 20.0. The quantitative estimate of drug-likeness (QED) is 0.760. The molecule has 1 aliphatic rings. The van der Waals surface area contributed by atoms with Gasteiger partial charge in [0.15, 0.2) is 11.5 Å². The zero-order valence-corrected chi connectivity index (χ0v) is 16.5. The lowest BCUT2D eigenvalue weighted by molar-refractivity contribution is -0.143. The van der Waals surface area contributed by atoms with Gasteiger partial charge in [-0.2, -0.15) is 0 Å². The predicted octanol–water partition coefficient (Wildman–Crippen LogP) is 3.30. The van der Waals surface area contributed by atoms with Gasteiger partial charge in [0.25, 0.3) is 0 Å². The fraction of sp³-hybridized carbons (Fsp3) is 0.600. The van der Waals surface area contributed by atoms with Crippen LogP contribution in [0.4, 0.5) is 4.79 Å². The number of carbonyl (C=O) groups excluding carboxylic acids is 1. The van der Waals surface area contributed by atoms with Crippen molar-refractivity contribution in [3.8, 4) is 11.5 Å². The number of likely N-dealkylation sites (tertiary alicyclic amines) is 1. The minimum atomic E-state index is -0.847. The molecule has 0 radical (unpaired) electrons. The maximum Gasteiger partial charge on any atom is 0.317 e. The number of piperidine rings is 1. The molecule has 1 saturated heterocycles. The highest BCUT2D eigenvalue weighted by molar-refractivity contribution is 5.77. The lowest BCUT2D eigenvalue weighted by Gasteiger charge is -2.35. The third-order valence-corrected chi connectivity index (χ3v) is 4.70. The highest BCUT2D eigenvalue weighted by Gasteiger charge is 2.32. The number of benzene rings is 1. The standard InChI is InChI=1S/C20H30N2O5/c1-5-26-17-8-7-15(10-18(17)27-6-2)14(4)21-20(25)22-11-13(3)9-16(12-22)19(23)24/h7-8,10,13-14,16H,5-6,9,11-12H2,1-4H3,(H,21,25)(H,23,24). The summed E-state index contributed by atoms with van der Waals surface area (Å²) < 4.78 is 11.2. The molecule has 0 aliphatic carbocycles. The first-order valence-electron chi connectivity index (χ1n) is 9.53. The molecule has 0 spiro atoms. The zero-order valence-electron chi connectivity index (χ0n) is 16.5. The second kappa shape index (κ2) is 9.48. The molecule has 0 aromatic heterocycles. The molecule has 1 aliphatic heterocycles. The molecule has 3 unspecified atom stereocenters. The number of hydrogen-bond donors (Lipinski definition) is 2. The van der Waals surface area contributed by atoms with E-state index in [4.69, 9.17) is 9.47 Å². The second-order valence-corrected chi connectivity index (χ2v) is 7.02. The second-order valence-electron chi connectivity index (χ2n) is 7.02. The number of urea groups is 1. The van der Waals surface area contributed by atoms with Gasteiger partial charge in [0, 0.05) is 13.1 Å². The van der Waals surface area contributed by atoms with Crippen LogP contribution in [-0.2, 0) is 4.79 Å². The van der Waals surface area contributed by atoms with Gasteiger partial charge in [-0.25, -0.2) is 4.79 Å². The predicted molar refractivity (Wildman–Crippen MR) is 102 cm³/mol. The van der Waals surface area contributed by atoms with Gasteiger partial charge < -0.3 is 24.8 Å². The van der Waals surface area contributed by atoms with Crippen LogP contribution < -0.4 is 14.8 Å². The van der Waals surface area contributed by atoms with E-state index < -0.39 is 11.9 Å². The molecule has 1 fully saturated rings. The van der Waals surface area contributed by atoms with Crippen molar-refractivity contribution >= 4 is 12.0 Å². The Morgan fingerprint density at radius 3 is 2.52 bits per heavy atom. The van der Waals surface area contributed by atoms with Crippen LogP contribution in [0.3, 0.4) is 0 Å². The van der Waals surface area contributed by atoms with Crippen molar-refractivity contribution in [1.29, 1.82) is 0 Å². The first-order valence-corrected chi connectivity index (χ1v) is 9.53. The Balaban J connectivity index is 2.07. The van der Waals surface area contributed by atoms with Crippen LogP contribution in [0.1, 0.15) is 45.7 Å². The molecule has 1 heterocycles. The van der Waals surface area contributed by atoms with E-state index in [0.29, 0.717) is 37.7 Å². The fourth-order valence-electron chi connectivity index (χ4n) is 3.39. The van der Waals surface area contributed by atoms with E-state index in [1.165, 1.54) is 0 Å². The van der Waals surface area contributed by atoms with E-state index in [-0.39, 0.29) is 24.5 Å². The summed E-state index contributed by atoms with van der Waals surface area (Å²) in [6.07, 6.45) is 0.602. The van der Waals surface area contributed by atoms with Gasteiger partial charge in [-0.3, -0.25) is 4.79 Å². The molecule has 7 nitrogen and oxygen atoms in total. The summed E-state index contributed by atoms with van der Waals surface area (Å²) in [6, 6.07) is 5.13. The Hall–Kier alpha value is -2.44. The number of aliphatic carboxylic acids is 1. The summed E-state index contributed by atoms with van der Waals surface area (Å²) in [5, 5.41) is 12.2. The Bertz CT molecular complexity index is 664. The number of nitrogens with one attached hydrogen (secondary N) is 1. The maximum atomic E-state index is 12.6. The van der Waals surface area contributed by atoms with E-state index in [9.17, 15) is 14.7 Å². The number of ether oxygens (including phenoxy) is 2. The maximum absolute atomic E-state index is 12.6. The van der Waals surface area contributed by atoms with Crippen molar-refractivity contribution in [3.63, 3.8) is 0 Å². The van der Waals surface area contributed by atoms with Gasteiger partial charge in [0.05, 0.1) is 25.2 Å². The molecule has 2 rings (SSSR count). The third-order valence-electron chi connectivity index (χ3n) is 4.70. The van der Waals surface area contributed by atoms with Crippen molar-refractivity contribution in [2.45, 2.75) is 40.2 Å². The summed E-state index contributed by atoms with van der Waals surface area (Å²) in [5.74, 6) is 0.132. The molecule has 1 aromatic carbocycles. The Morgan fingerprint density at radius 2 is 1.89 bits per heavy atom. The molecule has 2 N–H and O–H groups in total. The number of amides is 2. The summed E-state index contributed by atoms with van der Waals surface area (Å²) in [6.45, 7) is 9.56. The Labute approximate surface area is 160 Å². The van der Waals surface area contributed by atoms with E-state index in [0.717, 1.165) is 5.56 Å². The van der Waals surface area contributed by atoms with Gasteiger partial charge in [-0.15, -0.1) is 0 Å². The number of nitrogens with zero attached hydrogens (tertiary/aromatic N) is 1. The van der Waals surface area contributed by atoms with Gasteiger partial charge in [0.1, 0.15) is 0 Å². The van der Waals surface area contributed by atoms with Crippen molar-refractivity contribution in [3.05, 3.63) is 23.8 Å². The van der Waals surface area contributed by atoms with Crippen LogP contribution in [0.15, 0.2) is 18.2 Å². The SMILES string of the molecule is CCOc1ccc(C(C)NC(=O)N2CC(C)CC(C(=O)O)C2)cc1OCC. The summed E-state index contributed by atoms with van der Waals surface area (Å²) in [7, 11) is 0. The van der Waals surface area contributed by atoms with Crippen molar-refractivity contribution in [2.75, 3.05) is 26.3 Å². The van der Waals surface area contributed by atoms with Crippen LogP contribution in [0.5, 0.6) is 11.5 Å². The number of carbonyl (C=O) groups is 2. The van der Waals surface area contributed by atoms with E-state index in [1.807, 2.05) is 45.9 Å². The highest BCUT2D eigenvalue weighted by Crippen LogP contribution is 2.31. The molecule has 7 heteroatoms. The number of carboxylic acids is 1. The highest BCUT2D eigenvalue weighted by atomic mass is 16.5. The van der Waals surface area contributed by atoms with Crippen molar-refractivity contribution in [1.82, 2.24) is 10.2 Å². The lowest BCUT2D eigenvalue weighted by Crippen LogP contribution is -2.49. The molecule has 0 saturated carbocycles. The molecule has 3 atom stereocenters. The first kappa shape index (κ1) is 20.9. The van der Waals surface area contributed by atoms with Gasteiger partial charge in [-0.05, 0) is 50.8 Å². The van der Waals surface area contributed by atoms with E-state index >= 15 is 0 Å². The van der Waals surface area contributed by atoms with Crippen LogP contribution >= 0.6 is 0 Å². The van der Waals surface area contributed by atoms with E-state index in [2.05, 4.69) is 5.32 Å². The van der Waals surface area contributed by atoms with E-state index in [1.54, 1.807) is 4.90 Å². The minimum Gasteiger partial charge on any atom is -0.490 e. The summed E-state index contributed by atoms with van der Waals surface area (Å²) in [5.41, 5.74) is 0.898. The van der Waals surface area contributed by atoms with Crippen LogP contribution in [0.2, 0.25) is 0 Å². The third kappa shape index (κ3) is 5.52. The lowest BCUT2D eigenvalue weighted by atomic mass is 9.91. The topological polar surface area (TPSA) is 88.1 Å². The molecule has 1 aromatic rings. The smallest absolute Gasteiger partial charge is 0.317 e. The van der Waals surface area contributed by atoms with Crippen LogP contribution in [0, 0.1) is 11.8 Å². The minimum absolute atomic E-state index is 0.163. The first-order chi connectivity index (χ1) is 12.8. The molecule has 0 bridgehead atoms. The Kier molecular flexibility index (Phi) is 7.33. The molecule has 27 heavy (non-hydrogen) atoms. The van der Waals surface area contributed by atoms with Crippen LogP contribution in [0.25, 0.3) is 0 Å². The Morgan fingerprint density at radius 1 is 1.22 bits per heavy atom. The molecule has 2 amide bonds. The monoisotopic (exact) mass is 378 g/mol. The van der Waals surface area contributed by atoms with Crippen LogP contribution in [-0.4, -0.2) is 48.3 Å². The largest absolute Gasteiger partial charge is 0.490 e. The molecule has 150 valence electrons. The normalized spacial score (nSPS) is 20.7. The average molecular weight is 378 g/mol. The summed E-state index contributed by atoms with van der Waals surface area (Å²) >= 11 is 0. The van der Waals surface area contributed by atoms with Gasteiger partial charge in [0.2, 0.25) is 0 Å². The fourth-order valence-corrected chi connectivity index (χ4v) is 3.39. The number of carboxylic acid groups (broad SMARTS) is 1. The molecular formula is C20H30N2O5. The summed E-state index contributed by atoms with van der Waals surface area (Å²) in [4.78, 5) is 25.6. The van der Waals surface area contributed by atoms with Gasteiger partial charge in [-0.1, -0.05) is 13.0 Å². The van der Waals surface area contributed by atoms with Crippen molar-refractivity contribution < 1.29 is 24.2 Å². The molecular weight excluding hydrogens is 348 g/mol. The van der Waals surface area contributed by atoms with Gasteiger partial charge >= 0.3 is 12.0 Å². The number of rotatable bonds is 7. The average Bonchev–Trinajstić information content (AvgIpc) is 2.62.